The zero-order valence-electron chi connectivity index (χ0n) is 11.4. The number of carbonyl (C=O) groups is 1. The van der Waals surface area contributed by atoms with Crippen LogP contribution in [-0.4, -0.2) is 21.0 Å². The van der Waals surface area contributed by atoms with Gasteiger partial charge in [0, 0.05) is 16.2 Å². The van der Waals surface area contributed by atoms with E-state index in [1.807, 2.05) is 19.1 Å². The molecule has 3 heterocycles. The van der Waals surface area contributed by atoms with Crippen LogP contribution >= 0.6 is 22.7 Å². The molecule has 0 amide bonds. The van der Waals surface area contributed by atoms with Crippen LogP contribution in [0.5, 0.6) is 0 Å². The Morgan fingerprint density at radius 1 is 1.33 bits per heavy atom. The van der Waals surface area contributed by atoms with Crippen molar-refractivity contribution < 1.29 is 9.90 Å². The number of thiophene rings is 2. The molecule has 0 aliphatic heterocycles. The Morgan fingerprint density at radius 2 is 2.10 bits per heavy atom. The number of aromatic carboxylic acids is 1. The van der Waals surface area contributed by atoms with E-state index in [1.54, 1.807) is 18.3 Å². The van der Waals surface area contributed by atoms with Crippen molar-refractivity contribution in [3.05, 3.63) is 48.5 Å². The summed E-state index contributed by atoms with van der Waals surface area (Å²) in [7, 11) is 0. The molecule has 0 fully saturated rings. The summed E-state index contributed by atoms with van der Waals surface area (Å²) in [6, 6.07) is 4.03. The Bertz CT molecular complexity index is 905. The van der Waals surface area contributed by atoms with Gasteiger partial charge in [0.1, 0.15) is 15.5 Å². The second-order valence-electron chi connectivity index (χ2n) is 4.74. The molecule has 3 aromatic rings. The third-order valence-electron chi connectivity index (χ3n) is 3.18. The average molecular weight is 320 g/mol. The maximum atomic E-state index is 12.2. The van der Waals surface area contributed by atoms with Gasteiger partial charge in [-0.3, -0.25) is 4.79 Å². The van der Waals surface area contributed by atoms with Crippen molar-refractivity contribution in [3.63, 3.8) is 0 Å². The minimum atomic E-state index is -1.02. The highest BCUT2D eigenvalue weighted by Crippen LogP contribution is 2.27. The highest BCUT2D eigenvalue weighted by molar-refractivity contribution is 7.20. The summed E-state index contributed by atoms with van der Waals surface area (Å²) in [6.07, 6.45) is 0.545. The van der Waals surface area contributed by atoms with Crippen molar-refractivity contribution in [1.29, 1.82) is 0 Å². The molecular formula is C14H12N2O3S2. The molecule has 3 aromatic heterocycles. The van der Waals surface area contributed by atoms with E-state index in [4.69, 9.17) is 5.11 Å². The first kappa shape index (κ1) is 14.0. The lowest BCUT2D eigenvalue weighted by Gasteiger charge is -1.99. The number of carboxylic acid groups (broad SMARTS) is 1. The molecule has 0 aliphatic rings. The maximum Gasteiger partial charge on any atom is 0.346 e. The number of rotatable bonds is 3. The molecule has 0 spiro atoms. The zero-order valence-corrected chi connectivity index (χ0v) is 13.0. The fraction of sp³-hybridized carbons (Fsp3) is 0.214. The van der Waals surface area contributed by atoms with Gasteiger partial charge in [-0.05, 0) is 31.5 Å². The van der Waals surface area contributed by atoms with Crippen LogP contribution < -0.4 is 5.56 Å². The van der Waals surface area contributed by atoms with Gasteiger partial charge in [-0.1, -0.05) is 0 Å². The molecule has 7 heteroatoms. The van der Waals surface area contributed by atoms with E-state index in [0.29, 0.717) is 28.0 Å². The minimum Gasteiger partial charge on any atom is -0.477 e. The molecule has 0 saturated heterocycles. The lowest BCUT2D eigenvalue weighted by Crippen LogP contribution is -2.11. The number of nitrogens with zero attached hydrogens (tertiary/aromatic N) is 1. The first-order valence-electron chi connectivity index (χ1n) is 6.26. The number of aryl methyl sites for hydroxylation is 2. The molecule has 2 N–H and O–H groups in total. The number of nitrogens with one attached hydrogen (secondary N) is 1. The minimum absolute atomic E-state index is 0.173. The lowest BCUT2D eigenvalue weighted by molar-refractivity contribution is 0.0701. The first-order valence-corrected chi connectivity index (χ1v) is 7.90. The van der Waals surface area contributed by atoms with Crippen LogP contribution in [-0.2, 0) is 6.42 Å². The number of H-pyrrole nitrogens is 1. The molecule has 0 bridgehead atoms. The van der Waals surface area contributed by atoms with Gasteiger partial charge < -0.3 is 10.1 Å². The molecule has 5 nitrogen and oxygen atoms in total. The van der Waals surface area contributed by atoms with Crippen LogP contribution in [0.1, 0.15) is 30.8 Å². The second-order valence-corrected chi connectivity index (χ2v) is 7.11. The molecule has 0 aliphatic carbocycles. The fourth-order valence-electron chi connectivity index (χ4n) is 2.22. The Morgan fingerprint density at radius 3 is 2.71 bits per heavy atom. The predicted molar refractivity (Wildman–Crippen MR) is 83.8 cm³/mol. The molecule has 21 heavy (non-hydrogen) atoms. The standard InChI is InChI=1S/C14H12N2O3S2/c1-6-3-4-8(20-6)5-9-15-12(17)10-7(2)11(14(18)19)21-13(10)16-9/h3-4H,5H2,1-2H3,(H,18,19)(H,15,16,17). The number of hydrogen-bond acceptors (Lipinski definition) is 5. The summed E-state index contributed by atoms with van der Waals surface area (Å²) in [5, 5.41) is 9.52. The first-order chi connectivity index (χ1) is 9.95. The highest BCUT2D eigenvalue weighted by Gasteiger charge is 2.18. The van der Waals surface area contributed by atoms with Gasteiger partial charge in [0.05, 0.1) is 5.39 Å². The molecule has 0 unspecified atom stereocenters. The summed E-state index contributed by atoms with van der Waals surface area (Å²) >= 11 is 2.70. The number of carboxylic acids is 1. The van der Waals surface area contributed by atoms with Crippen molar-refractivity contribution in [2.75, 3.05) is 0 Å². The molecule has 3 rings (SSSR count). The normalized spacial score (nSPS) is 11.1. The SMILES string of the molecule is Cc1ccc(Cc2nc3sc(C(=O)O)c(C)c3c(=O)[nH]2)s1. The Hall–Kier alpha value is -1.99. The second kappa shape index (κ2) is 5.09. The zero-order chi connectivity index (χ0) is 15.1. The molecule has 0 saturated carbocycles. The summed E-state index contributed by atoms with van der Waals surface area (Å²) in [4.78, 5) is 33.5. The van der Waals surface area contributed by atoms with Crippen LogP contribution in [0.15, 0.2) is 16.9 Å². The van der Waals surface area contributed by atoms with E-state index >= 15 is 0 Å². The van der Waals surface area contributed by atoms with Crippen molar-refractivity contribution in [1.82, 2.24) is 9.97 Å². The number of aromatic amines is 1. The fourth-order valence-corrected chi connectivity index (χ4v) is 4.16. The topological polar surface area (TPSA) is 83.0 Å². The van der Waals surface area contributed by atoms with E-state index in [1.165, 1.54) is 4.88 Å². The third-order valence-corrected chi connectivity index (χ3v) is 5.36. The van der Waals surface area contributed by atoms with E-state index in [9.17, 15) is 9.59 Å². The van der Waals surface area contributed by atoms with Crippen molar-refractivity contribution in [2.45, 2.75) is 20.3 Å². The smallest absolute Gasteiger partial charge is 0.346 e. The molecular weight excluding hydrogens is 308 g/mol. The Kier molecular flexibility index (Phi) is 3.38. The van der Waals surface area contributed by atoms with Gasteiger partial charge >= 0.3 is 5.97 Å². The van der Waals surface area contributed by atoms with Gasteiger partial charge in [0.15, 0.2) is 0 Å². The predicted octanol–water partition coefficient (Wildman–Crippen LogP) is 2.95. The number of hydrogen-bond donors (Lipinski definition) is 2. The van der Waals surface area contributed by atoms with Gasteiger partial charge in [0.2, 0.25) is 0 Å². The van der Waals surface area contributed by atoms with Gasteiger partial charge in [0.25, 0.3) is 5.56 Å². The van der Waals surface area contributed by atoms with E-state index in [0.717, 1.165) is 16.2 Å². The average Bonchev–Trinajstić information content (AvgIpc) is 2.94. The third kappa shape index (κ3) is 2.50. The van der Waals surface area contributed by atoms with E-state index in [2.05, 4.69) is 9.97 Å². The van der Waals surface area contributed by atoms with Gasteiger partial charge in [-0.15, -0.1) is 22.7 Å². The monoisotopic (exact) mass is 320 g/mol. The Labute approximate surface area is 127 Å². The lowest BCUT2D eigenvalue weighted by atomic mass is 10.2. The van der Waals surface area contributed by atoms with Crippen molar-refractivity contribution in [3.8, 4) is 0 Å². The van der Waals surface area contributed by atoms with Gasteiger partial charge in [-0.2, -0.15) is 0 Å². The molecule has 0 radical (unpaired) electrons. The molecule has 108 valence electrons. The highest BCUT2D eigenvalue weighted by atomic mass is 32.1. The summed E-state index contributed by atoms with van der Waals surface area (Å²) in [5.74, 6) is -0.460. The number of aromatic nitrogens is 2. The number of fused-ring (bicyclic) bond motifs is 1. The van der Waals surface area contributed by atoms with E-state index in [-0.39, 0.29) is 10.4 Å². The van der Waals surface area contributed by atoms with E-state index < -0.39 is 5.97 Å². The van der Waals surface area contributed by atoms with Crippen LogP contribution in [0, 0.1) is 13.8 Å². The quantitative estimate of drug-likeness (QED) is 0.777. The Balaban J connectivity index is 2.10. The largest absolute Gasteiger partial charge is 0.477 e. The van der Waals surface area contributed by atoms with Crippen molar-refractivity contribution >= 4 is 38.9 Å². The van der Waals surface area contributed by atoms with Crippen LogP contribution in [0.25, 0.3) is 10.2 Å². The summed E-state index contributed by atoms with van der Waals surface area (Å²) in [5.41, 5.74) is 0.208. The van der Waals surface area contributed by atoms with Crippen molar-refractivity contribution in [2.24, 2.45) is 0 Å². The summed E-state index contributed by atoms with van der Waals surface area (Å²) < 4.78 is 0. The van der Waals surface area contributed by atoms with Gasteiger partial charge in [-0.25, -0.2) is 9.78 Å². The maximum absolute atomic E-state index is 12.2. The van der Waals surface area contributed by atoms with Crippen LogP contribution in [0.4, 0.5) is 0 Å². The van der Waals surface area contributed by atoms with Crippen LogP contribution in [0.3, 0.4) is 0 Å². The molecule has 0 aromatic carbocycles. The summed E-state index contributed by atoms with van der Waals surface area (Å²) in [6.45, 7) is 3.66. The van der Waals surface area contributed by atoms with Crippen LogP contribution in [0.2, 0.25) is 0 Å². The molecule has 0 atom stereocenters.